The van der Waals surface area contributed by atoms with E-state index >= 15 is 0 Å². The topological polar surface area (TPSA) is 30.3 Å². The first-order chi connectivity index (χ1) is 8.60. The van der Waals surface area contributed by atoms with Gasteiger partial charge in [-0.2, -0.15) is 5.26 Å². The van der Waals surface area contributed by atoms with Crippen LogP contribution in [0.2, 0.25) is 5.02 Å². The Labute approximate surface area is 114 Å². The van der Waals surface area contributed by atoms with Gasteiger partial charge in [0.25, 0.3) is 0 Å². The van der Waals surface area contributed by atoms with Crippen molar-refractivity contribution in [3.63, 3.8) is 0 Å². The van der Waals surface area contributed by atoms with E-state index in [1.807, 2.05) is 12.1 Å². The molecule has 2 rings (SSSR count). The van der Waals surface area contributed by atoms with Crippen LogP contribution in [0, 0.1) is 11.3 Å². The summed E-state index contributed by atoms with van der Waals surface area (Å²) in [5, 5.41) is 9.51. The predicted octanol–water partition coefficient (Wildman–Crippen LogP) is 2.35. The Balaban J connectivity index is 2.04. The molecule has 0 radical (unpaired) electrons. The van der Waals surface area contributed by atoms with E-state index in [4.69, 9.17) is 16.9 Å². The van der Waals surface area contributed by atoms with Crippen molar-refractivity contribution in [3.8, 4) is 6.07 Å². The minimum atomic E-state index is 0.580. The third kappa shape index (κ3) is 3.02. The van der Waals surface area contributed by atoms with Gasteiger partial charge in [0.15, 0.2) is 0 Å². The summed E-state index contributed by atoms with van der Waals surface area (Å²) in [5.41, 5.74) is 1.72. The Hall–Kier alpha value is -1.08. The molecular weight excluding hydrogens is 246 g/mol. The van der Waals surface area contributed by atoms with Crippen LogP contribution in [0.4, 0.5) is 0 Å². The Morgan fingerprint density at radius 1 is 1.44 bits per heavy atom. The van der Waals surface area contributed by atoms with Crippen LogP contribution >= 0.6 is 11.6 Å². The van der Waals surface area contributed by atoms with E-state index in [9.17, 15) is 0 Å². The van der Waals surface area contributed by atoms with Gasteiger partial charge in [0.05, 0.1) is 11.6 Å². The van der Waals surface area contributed by atoms with Gasteiger partial charge in [-0.25, -0.2) is 0 Å². The zero-order chi connectivity index (χ0) is 13.1. The second kappa shape index (κ2) is 5.71. The summed E-state index contributed by atoms with van der Waals surface area (Å²) in [5.74, 6) is 0. The highest BCUT2D eigenvalue weighted by Crippen LogP contribution is 2.20. The molecule has 0 saturated carbocycles. The van der Waals surface area contributed by atoms with E-state index < -0.39 is 0 Å². The minimum absolute atomic E-state index is 0.580. The van der Waals surface area contributed by atoms with Crippen molar-refractivity contribution in [1.82, 2.24) is 9.80 Å². The molecule has 1 saturated heterocycles. The standard InChI is InChI=1S/C14H18ClN3/c1-11-9-18(6-5-17(11)2)10-13-4-3-12(8-16)7-14(13)15/h3-4,7,11H,5-6,9-10H2,1-2H3. The summed E-state index contributed by atoms with van der Waals surface area (Å²) in [6.45, 7) is 6.33. The molecule has 0 N–H and O–H groups in total. The lowest BCUT2D eigenvalue weighted by atomic mass is 10.1. The van der Waals surface area contributed by atoms with Gasteiger partial charge in [0, 0.05) is 37.2 Å². The minimum Gasteiger partial charge on any atom is -0.301 e. The van der Waals surface area contributed by atoms with Crippen molar-refractivity contribution in [2.24, 2.45) is 0 Å². The molecule has 1 unspecified atom stereocenters. The molecule has 1 aromatic carbocycles. The molecule has 0 amide bonds. The Bertz CT molecular complexity index is 467. The Morgan fingerprint density at radius 2 is 2.22 bits per heavy atom. The summed E-state index contributed by atoms with van der Waals surface area (Å²) in [4.78, 5) is 4.79. The lowest BCUT2D eigenvalue weighted by Crippen LogP contribution is -2.49. The van der Waals surface area contributed by atoms with Crippen molar-refractivity contribution < 1.29 is 0 Å². The monoisotopic (exact) mass is 263 g/mol. The van der Waals surface area contributed by atoms with Gasteiger partial charge >= 0.3 is 0 Å². The Morgan fingerprint density at radius 3 is 2.83 bits per heavy atom. The molecule has 4 heteroatoms. The molecule has 1 atom stereocenters. The van der Waals surface area contributed by atoms with Crippen molar-refractivity contribution in [3.05, 3.63) is 34.3 Å². The van der Waals surface area contributed by atoms with Crippen molar-refractivity contribution in [2.75, 3.05) is 26.7 Å². The first-order valence-electron chi connectivity index (χ1n) is 6.21. The third-order valence-electron chi connectivity index (χ3n) is 3.62. The van der Waals surface area contributed by atoms with Gasteiger partial charge in [0.2, 0.25) is 0 Å². The van der Waals surface area contributed by atoms with Crippen LogP contribution in [0.3, 0.4) is 0 Å². The molecule has 0 aromatic heterocycles. The summed E-state index contributed by atoms with van der Waals surface area (Å²) >= 11 is 6.20. The number of benzene rings is 1. The molecule has 1 fully saturated rings. The molecule has 0 aliphatic carbocycles. The van der Waals surface area contributed by atoms with E-state index in [0.717, 1.165) is 31.7 Å². The highest BCUT2D eigenvalue weighted by molar-refractivity contribution is 6.31. The van der Waals surface area contributed by atoms with Gasteiger partial charge in [-0.3, -0.25) is 4.90 Å². The lowest BCUT2D eigenvalue weighted by Gasteiger charge is -2.37. The van der Waals surface area contributed by atoms with Gasteiger partial charge in [-0.1, -0.05) is 17.7 Å². The molecule has 96 valence electrons. The molecular formula is C14H18ClN3. The highest BCUT2D eigenvalue weighted by atomic mass is 35.5. The molecule has 3 nitrogen and oxygen atoms in total. The van der Waals surface area contributed by atoms with Crippen LogP contribution < -0.4 is 0 Å². The average Bonchev–Trinajstić information content (AvgIpc) is 2.36. The average molecular weight is 264 g/mol. The fraction of sp³-hybridized carbons (Fsp3) is 0.500. The van der Waals surface area contributed by atoms with E-state index in [1.54, 1.807) is 6.07 Å². The predicted molar refractivity (Wildman–Crippen MR) is 73.5 cm³/mol. The van der Waals surface area contributed by atoms with E-state index in [2.05, 4.69) is 29.8 Å². The maximum Gasteiger partial charge on any atom is 0.0992 e. The van der Waals surface area contributed by atoms with Crippen LogP contribution in [0.5, 0.6) is 0 Å². The number of hydrogen-bond donors (Lipinski definition) is 0. The summed E-state index contributed by atoms with van der Waals surface area (Å²) < 4.78 is 0. The molecule has 1 aromatic rings. The molecule has 0 bridgehead atoms. The van der Waals surface area contributed by atoms with E-state index in [0.29, 0.717) is 16.6 Å². The number of nitrogens with zero attached hydrogens (tertiary/aromatic N) is 3. The van der Waals surface area contributed by atoms with Gasteiger partial charge in [0.1, 0.15) is 0 Å². The van der Waals surface area contributed by atoms with Crippen LogP contribution in [-0.2, 0) is 6.54 Å². The number of hydrogen-bond acceptors (Lipinski definition) is 3. The summed E-state index contributed by atoms with van der Waals surface area (Å²) in [6.07, 6.45) is 0. The first kappa shape index (κ1) is 13.4. The summed E-state index contributed by atoms with van der Waals surface area (Å²) in [7, 11) is 2.16. The maximum atomic E-state index is 8.81. The van der Waals surface area contributed by atoms with Gasteiger partial charge < -0.3 is 4.90 Å². The number of halogens is 1. The third-order valence-corrected chi connectivity index (χ3v) is 3.97. The van der Waals surface area contributed by atoms with Crippen LogP contribution in [0.15, 0.2) is 18.2 Å². The van der Waals surface area contributed by atoms with Gasteiger partial charge in [-0.05, 0) is 31.7 Å². The largest absolute Gasteiger partial charge is 0.301 e. The number of piperazine rings is 1. The molecule has 1 aliphatic heterocycles. The second-order valence-electron chi connectivity index (χ2n) is 4.98. The normalized spacial score (nSPS) is 21.8. The second-order valence-corrected chi connectivity index (χ2v) is 5.39. The quantitative estimate of drug-likeness (QED) is 0.821. The smallest absolute Gasteiger partial charge is 0.0992 e. The van der Waals surface area contributed by atoms with Crippen molar-refractivity contribution >= 4 is 11.6 Å². The number of likely N-dealkylation sites (N-methyl/N-ethyl adjacent to an activating group) is 1. The highest BCUT2D eigenvalue weighted by Gasteiger charge is 2.20. The van der Waals surface area contributed by atoms with Crippen molar-refractivity contribution in [2.45, 2.75) is 19.5 Å². The van der Waals surface area contributed by atoms with E-state index in [1.165, 1.54) is 0 Å². The maximum absolute atomic E-state index is 8.81. The molecule has 0 spiro atoms. The van der Waals surface area contributed by atoms with Gasteiger partial charge in [-0.15, -0.1) is 0 Å². The molecule has 18 heavy (non-hydrogen) atoms. The lowest BCUT2D eigenvalue weighted by molar-refractivity contribution is 0.100. The zero-order valence-corrected chi connectivity index (χ0v) is 11.6. The first-order valence-corrected chi connectivity index (χ1v) is 6.59. The van der Waals surface area contributed by atoms with Crippen molar-refractivity contribution in [1.29, 1.82) is 5.26 Å². The number of rotatable bonds is 2. The van der Waals surface area contributed by atoms with E-state index in [-0.39, 0.29) is 0 Å². The Kier molecular flexibility index (Phi) is 4.23. The molecule has 1 heterocycles. The van der Waals surface area contributed by atoms with Crippen LogP contribution in [-0.4, -0.2) is 42.5 Å². The number of nitriles is 1. The fourth-order valence-corrected chi connectivity index (χ4v) is 2.49. The zero-order valence-electron chi connectivity index (χ0n) is 10.9. The molecule has 1 aliphatic rings. The van der Waals surface area contributed by atoms with Crippen LogP contribution in [0.1, 0.15) is 18.1 Å². The van der Waals surface area contributed by atoms with Crippen LogP contribution in [0.25, 0.3) is 0 Å². The SMILES string of the molecule is CC1CN(Cc2ccc(C#N)cc2Cl)CCN1C. The fourth-order valence-electron chi connectivity index (χ4n) is 2.25. The summed E-state index contributed by atoms with van der Waals surface area (Å²) in [6, 6.07) is 8.23.